The molecule has 1 unspecified atom stereocenters. The third kappa shape index (κ3) is 1.98. The summed E-state index contributed by atoms with van der Waals surface area (Å²) >= 11 is 5.60. The Bertz CT molecular complexity index is 315. The van der Waals surface area contributed by atoms with Crippen molar-refractivity contribution in [1.29, 1.82) is 0 Å². The Morgan fingerprint density at radius 1 is 1.46 bits per heavy atom. The van der Waals surface area contributed by atoms with Crippen LogP contribution in [0.4, 0.5) is 8.78 Å². The van der Waals surface area contributed by atoms with Crippen molar-refractivity contribution in [1.82, 2.24) is 0 Å². The van der Waals surface area contributed by atoms with Gasteiger partial charge in [-0.3, -0.25) is 0 Å². The Morgan fingerprint density at radius 3 is 2.62 bits per heavy atom. The summed E-state index contributed by atoms with van der Waals surface area (Å²) < 4.78 is 25.6. The highest BCUT2D eigenvalue weighted by Crippen LogP contribution is 2.27. The van der Waals surface area contributed by atoms with Crippen molar-refractivity contribution in [3.8, 4) is 0 Å². The summed E-state index contributed by atoms with van der Waals surface area (Å²) in [7, 11) is 0. The van der Waals surface area contributed by atoms with Gasteiger partial charge in [-0.25, -0.2) is 8.78 Å². The molecule has 0 spiro atoms. The summed E-state index contributed by atoms with van der Waals surface area (Å²) in [6.07, 6.45) is 0. The van der Waals surface area contributed by atoms with Crippen molar-refractivity contribution < 1.29 is 8.78 Å². The highest BCUT2D eigenvalue weighted by molar-refractivity contribution is 6.31. The second-order valence-corrected chi connectivity index (χ2v) is 3.28. The maximum Gasteiger partial charge on any atom is 0.177 e. The quantitative estimate of drug-likeness (QED) is 0.739. The van der Waals surface area contributed by atoms with Crippen LogP contribution in [0.2, 0.25) is 5.02 Å². The molecule has 0 radical (unpaired) electrons. The van der Waals surface area contributed by atoms with E-state index < -0.39 is 11.6 Å². The predicted octanol–water partition coefficient (Wildman–Crippen LogP) is 2.68. The molecule has 0 fully saturated rings. The molecule has 1 nitrogen and oxygen atoms in total. The monoisotopic (exact) mass is 205 g/mol. The van der Waals surface area contributed by atoms with Crippen LogP contribution in [0.15, 0.2) is 12.1 Å². The number of hydrogen-bond donors (Lipinski definition) is 1. The predicted molar refractivity (Wildman–Crippen MR) is 48.8 cm³/mol. The molecular formula is C9H10ClF2N. The lowest BCUT2D eigenvalue weighted by molar-refractivity contribution is 0.506. The summed E-state index contributed by atoms with van der Waals surface area (Å²) in [6, 6.07) is 2.51. The Labute approximate surface area is 80.5 Å². The molecule has 0 aliphatic rings. The second kappa shape index (κ2) is 4.03. The van der Waals surface area contributed by atoms with Crippen LogP contribution in [0, 0.1) is 11.6 Å². The molecular weight excluding hydrogens is 196 g/mol. The minimum absolute atomic E-state index is 0.0670. The number of hydrogen-bond acceptors (Lipinski definition) is 1. The average Bonchev–Trinajstić information content (AvgIpc) is 2.13. The Kier molecular flexibility index (Phi) is 3.22. The first-order chi connectivity index (χ1) is 6.07. The largest absolute Gasteiger partial charge is 0.330 e. The van der Waals surface area contributed by atoms with E-state index in [9.17, 15) is 8.78 Å². The van der Waals surface area contributed by atoms with E-state index in [1.165, 1.54) is 6.07 Å². The summed E-state index contributed by atoms with van der Waals surface area (Å²) in [6.45, 7) is 2.16. The standard InChI is InChI=1S/C9H10ClF2N/c1-5(4-13)6-2-3-7(11)9(12)8(6)10/h2-3,5H,4,13H2,1H3. The molecule has 1 rings (SSSR count). The van der Waals surface area contributed by atoms with Gasteiger partial charge in [0.2, 0.25) is 0 Å². The lowest BCUT2D eigenvalue weighted by atomic mass is 10.0. The molecule has 1 aromatic rings. The SMILES string of the molecule is CC(CN)c1ccc(F)c(F)c1Cl. The minimum atomic E-state index is -1.00. The van der Waals surface area contributed by atoms with Crippen LogP contribution in [0.1, 0.15) is 18.4 Å². The van der Waals surface area contributed by atoms with Crippen molar-refractivity contribution in [2.45, 2.75) is 12.8 Å². The van der Waals surface area contributed by atoms with E-state index in [2.05, 4.69) is 0 Å². The van der Waals surface area contributed by atoms with E-state index in [0.717, 1.165) is 6.07 Å². The molecule has 13 heavy (non-hydrogen) atoms. The van der Waals surface area contributed by atoms with Crippen LogP contribution >= 0.6 is 11.6 Å². The fourth-order valence-corrected chi connectivity index (χ4v) is 1.39. The molecule has 1 atom stereocenters. The fourth-order valence-electron chi connectivity index (χ4n) is 1.05. The minimum Gasteiger partial charge on any atom is -0.330 e. The van der Waals surface area contributed by atoms with Crippen molar-refractivity contribution in [2.24, 2.45) is 5.73 Å². The van der Waals surface area contributed by atoms with Crippen molar-refractivity contribution >= 4 is 11.6 Å². The van der Waals surface area contributed by atoms with Gasteiger partial charge >= 0.3 is 0 Å². The van der Waals surface area contributed by atoms with Gasteiger partial charge in [0.05, 0.1) is 5.02 Å². The van der Waals surface area contributed by atoms with Gasteiger partial charge in [-0.15, -0.1) is 0 Å². The molecule has 4 heteroatoms. The molecule has 0 aliphatic heterocycles. The Balaban J connectivity index is 3.18. The summed E-state index contributed by atoms with van der Waals surface area (Å²) in [5.74, 6) is -2.00. The lowest BCUT2D eigenvalue weighted by Crippen LogP contribution is -2.10. The van der Waals surface area contributed by atoms with E-state index in [4.69, 9.17) is 17.3 Å². The van der Waals surface area contributed by atoms with Gasteiger partial charge in [0.25, 0.3) is 0 Å². The van der Waals surface area contributed by atoms with Gasteiger partial charge in [-0.2, -0.15) is 0 Å². The van der Waals surface area contributed by atoms with Crippen LogP contribution in [-0.2, 0) is 0 Å². The molecule has 0 aliphatic carbocycles. The first-order valence-electron chi connectivity index (χ1n) is 3.91. The van der Waals surface area contributed by atoms with Gasteiger partial charge in [0, 0.05) is 0 Å². The summed E-state index contributed by atoms with van der Waals surface area (Å²) in [5, 5.41) is -0.169. The first kappa shape index (κ1) is 10.4. The highest BCUT2D eigenvalue weighted by atomic mass is 35.5. The third-order valence-electron chi connectivity index (χ3n) is 1.95. The van der Waals surface area contributed by atoms with Gasteiger partial charge < -0.3 is 5.73 Å². The molecule has 0 heterocycles. The zero-order valence-corrected chi connectivity index (χ0v) is 7.91. The number of benzene rings is 1. The molecule has 0 aromatic heterocycles. The van der Waals surface area contributed by atoms with E-state index >= 15 is 0 Å². The van der Waals surface area contributed by atoms with Gasteiger partial charge in [-0.1, -0.05) is 24.6 Å². The second-order valence-electron chi connectivity index (χ2n) is 2.90. The van der Waals surface area contributed by atoms with E-state index in [1.807, 2.05) is 0 Å². The molecule has 0 bridgehead atoms. The average molecular weight is 206 g/mol. The zero-order valence-electron chi connectivity index (χ0n) is 7.15. The molecule has 2 N–H and O–H groups in total. The Morgan fingerprint density at radius 2 is 2.08 bits per heavy atom. The lowest BCUT2D eigenvalue weighted by Gasteiger charge is -2.11. The van der Waals surface area contributed by atoms with Crippen LogP contribution in [0.5, 0.6) is 0 Å². The van der Waals surface area contributed by atoms with Crippen molar-refractivity contribution in [3.05, 3.63) is 34.4 Å². The maximum atomic E-state index is 12.9. The maximum absolute atomic E-state index is 12.9. The van der Waals surface area contributed by atoms with E-state index in [-0.39, 0.29) is 10.9 Å². The molecule has 0 saturated heterocycles. The van der Waals surface area contributed by atoms with Gasteiger partial charge in [-0.05, 0) is 24.1 Å². The summed E-state index contributed by atoms with van der Waals surface area (Å²) in [4.78, 5) is 0. The molecule has 1 aromatic carbocycles. The van der Waals surface area contributed by atoms with E-state index in [0.29, 0.717) is 12.1 Å². The number of halogens is 3. The third-order valence-corrected chi connectivity index (χ3v) is 2.33. The number of nitrogens with two attached hydrogens (primary N) is 1. The fraction of sp³-hybridized carbons (Fsp3) is 0.333. The van der Waals surface area contributed by atoms with Crippen LogP contribution in [0.3, 0.4) is 0 Å². The van der Waals surface area contributed by atoms with Gasteiger partial charge in [0.1, 0.15) is 0 Å². The van der Waals surface area contributed by atoms with Crippen molar-refractivity contribution in [3.63, 3.8) is 0 Å². The first-order valence-corrected chi connectivity index (χ1v) is 4.29. The topological polar surface area (TPSA) is 26.0 Å². The normalized spacial score (nSPS) is 13.0. The molecule has 0 amide bonds. The Hall–Kier alpha value is -0.670. The van der Waals surface area contributed by atoms with Gasteiger partial charge in [0.15, 0.2) is 11.6 Å². The smallest absolute Gasteiger partial charge is 0.177 e. The zero-order chi connectivity index (χ0) is 10.0. The van der Waals surface area contributed by atoms with E-state index in [1.54, 1.807) is 6.92 Å². The molecule has 0 saturated carbocycles. The number of rotatable bonds is 2. The van der Waals surface area contributed by atoms with Crippen LogP contribution in [0.25, 0.3) is 0 Å². The van der Waals surface area contributed by atoms with Crippen LogP contribution in [-0.4, -0.2) is 6.54 Å². The van der Waals surface area contributed by atoms with Crippen LogP contribution < -0.4 is 5.73 Å². The molecule has 72 valence electrons. The summed E-state index contributed by atoms with van der Waals surface area (Å²) in [5.41, 5.74) is 5.93. The highest BCUT2D eigenvalue weighted by Gasteiger charge is 2.14. The van der Waals surface area contributed by atoms with Crippen molar-refractivity contribution in [2.75, 3.05) is 6.54 Å².